The van der Waals surface area contributed by atoms with E-state index in [1.54, 1.807) is 0 Å². The number of anilines is 3. The number of para-hydroxylation sites is 2. The highest BCUT2D eigenvalue weighted by molar-refractivity contribution is 6.03. The molecule has 0 aliphatic carbocycles. The molecule has 2 heterocycles. The molecule has 0 atom stereocenters. The third-order valence-corrected chi connectivity index (χ3v) is 6.84. The molecule has 4 aromatic carbocycles. The van der Waals surface area contributed by atoms with Gasteiger partial charge in [0.2, 0.25) is 0 Å². The van der Waals surface area contributed by atoms with Crippen LogP contribution in [-0.4, -0.2) is 13.0 Å². The Balaban J connectivity index is 1.62. The highest BCUT2D eigenvalue weighted by Crippen LogP contribution is 2.57. The molecule has 0 saturated heterocycles. The molecule has 0 fully saturated rings. The van der Waals surface area contributed by atoms with Crippen molar-refractivity contribution in [3.8, 4) is 11.5 Å². The lowest BCUT2D eigenvalue weighted by molar-refractivity contribution is 0.0225. The monoisotopic (exact) mass is 448 g/mol. The van der Waals surface area contributed by atoms with E-state index in [0.29, 0.717) is 22.7 Å². The van der Waals surface area contributed by atoms with Gasteiger partial charge in [0.1, 0.15) is 11.5 Å². The van der Waals surface area contributed by atoms with Crippen LogP contribution in [0.15, 0.2) is 78.9 Å². The van der Waals surface area contributed by atoms with Crippen LogP contribution >= 0.6 is 0 Å². The molecule has 5 nitrogen and oxygen atoms in total. The molecule has 4 aromatic rings. The fourth-order valence-corrected chi connectivity index (χ4v) is 5.27. The number of nitrogens with two attached hydrogens (primary N) is 1. The number of nitrogen functional groups attached to an aromatic ring is 1. The lowest BCUT2D eigenvalue weighted by atomic mass is 9.77. The molecule has 0 amide bonds. The van der Waals surface area contributed by atoms with Crippen molar-refractivity contribution < 1.29 is 14.3 Å². The third kappa shape index (κ3) is 2.70. The third-order valence-electron chi connectivity index (χ3n) is 6.84. The van der Waals surface area contributed by atoms with Gasteiger partial charge < -0.3 is 20.1 Å². The zero-order valence-corrected chi connectivity index (χ0v) is 19.3. The van der Waals surface area contributed by atoms with Crippen molar-refractivity contribution in [3.63, 3.8) is 0 Å². The summed E-state index contributed by atoms with van der Waals surface area (Å²) in [7, 11) is 2.01. The van der Waals surface area contributed by atoms with Crippen LogP contribution < -0.4 is 15.4 Å². The summed E-state index contributed by atoms with van der Waals surface area (Å²) < 4.78 is 12.4. The van der Waals surface area contributed by atoms with Gasteiger partial charge in [-0.15, -0.1) is 0 Å². The smallest absolute Gasteiger partial charge is 0.342 e. The quantitative estimate of drug-likeness (QED) is 0.291. The Morgan fingerprint density at radius 2 is 1.47 bits per heavy atom. The van der Waals surface area contributed by atoms with Crippen molar-refractivity contribution in [2.24, 2.45) is 0 Å². The number of rotatable bonds is 2. The predicted molar refractivity (Wildman–Crippen MR) is 133 cm³/mol. The molecule has 5 heteroatoms. The highest BCUT2D eigenvalue weighted by Gasteiger charge is 2.54. The molecule has 0 radical (unpaired) electrons. The van der Waals surface area contributed by atoms with Crippen LogP contribution in [0.3, 0.4) is 0 Å². The minimum Gasteiger partial charge on any atom is -0.456 e. The molecule has 2 aliphatic heterocycles. The van der Waals surface area contributed by atoms with E-state index in [0.717, 1.165) is 33.6 Å². The Morgan fingerprint density at radius 3 is 2.12 bits per heavy atom. The summed E-state index contributed by atoms with van der Waals surface area (Å²) in [6.07, 6.45) is 0. The average Bonchev–Trinajstić information content (AvgIpc) is 3.12. The van der Waals surface area contributed by atoms with Gasteiger partial charge in [-0.2, -0.15) is 0 Å². The fraction of sp³-hybridized carbons (Fsp3) is 0.138. The maximum atomic E-state index is 13.3. The van der Waals surface area contributed by atoms with E-state index in [1.165, 1.54) is 5.56 Å². The molecular formula is C29H24N2O3. The summed E-state index contributed by atoms with van der Waals surface area (Å²) in [4.78, 5) is 15.4. The molecule has 0 bridgehead atoms. The number of aryl methyl sites for hydroxylation is 2. The number of hydrogen-bond donors (Lipinski definition) is 1. The summed E-state index contributed by atoms with van der Waals surface area (Å²) in [5.41, 5.74) is 12.8. The Morgan fingerprint density at radius 1 is 0.824 bits per heavy atom. The minimum absolute atomic E-state index is 0.396. The average molecular weight is 449 g/mol. The second kappa shape index (κ2) is 7.12. The SMILES string of the molecule is Cc1ccc(N(C)c2cc(N)c3c(c2)C2(OC3=O)c3ccccc3Oc3ccccc32)c(C)c1. The lowest BCUT2D eigenvalue weighted by Gasteiger charge is -2.36. The van der Waals surface area contributed by atoms with E-state index < -0.39 is 11.6 Å². The number of esters is 1. The van der Waals surface area contributed by atoms with E-state index >= 15 is 0 Å². The molecule has 0 unspecified atom stereocenters. The molecule has 34 heavy (non-hydrogen) atoms. The van der Waals surface area contributed by atoms with Crippen LogP contribution in [0.1, 0.15) is 38.2 Å². The Kier molecular flexibility index (Phi) is 4.27. The molecule has 2 aliphatic rings. The summed E-state index contributed by atoms with van der Waals surface area (Å²) in [6, 6.07) is 25.6. The summed E-state index contributed by atoms with van der Waals surface area (Å²) in [6.45, 7) is 4.17. The van der Waals surface area contributed by atoms with Gasteiger partial charge in [-0.1, -0.05) is 54.1 Å². The second-order valence-corrected chi connectivity index (χ2v) is 8.97. The molecule has 2 N–H and O–H groups in total. The lowest BCUT2D eigenvalue weighted by Crippen LogP contribution is -2.33. The van der Waals surface area contributed by atoms with Crippen molar-refractivity contribution in [2.75, 3.05) is 17.7 Å². The summed E-state index contributed by atoms with van der Waals surface area (Å²) in [5.74, 6) is 0.891. The van der Waals surface area contributed by atoms with Gasteiger partial charge in [0, 0.05) is 40.8 Å². The van der Waals surface area contributed by atoms with Crippen LogP contribution in [-0.2, 0) is 10.3 Å². The van der Waals surface area contributed by atoms with Crippen molar-refractivity contribution in [2.45, 2.75) is 19.4 Å². The molecule has 0 saturated carbocycles. The van der Waals surface area contributed by atoms with Crippen LogP contribution in [0.5, 0.6) is 11.5 Å². The number of ether oxygens (including phenoxy) is 2. The maximum Gasteiger partial charge on any atom is 0.342 e. The highest BCUT2D eigenvalue weighted by atomic mass is 16.6. The fourth-order valence-electron chi connectivity index (χ4n) is 5.27. The van der Waals surface area contributed by atoms with Gasteiger partial charge in [0.05, 0.1) is 5.56 Å². The minimum atomic E-state index is -1.13. The largest absolute Gasteiger partial charge is 0.456 e. The van der Waals surface area contributed by atoms with Crippen molar-refractivity contribution in [3.05, 3.63) is 112 Å². The number of fused-ring (bicyclic) bond motifs is 6. The first-order valence-corrected chi connectivity index (χ1v) is 11.3. The second-order valence-electron chi connectivity index (χ2n) is 8.97. The zero-order valence-electron chi connectivity index (χ0n) is 19.3. The summed E-state index contributed by atoms with van der Waals surface area (Å²) in [5, 5.41) is 0. The Labute approximate surface area is 198 Å². The van der Waals surface area contributed by atoms with Crippen LogP contribution in [0.2, 0.25) is 0 Å². The Bertz CT molecular complexity index is 1450. The van der Waals surface area contributed by atoms with Crippen LogP contribution in [0, 0.1) is 13.8 Å². The van der Waals surface area contributed by atoms with Gasteiger partial charge in [0.15, 0.2) is 5.60 Å². The first-order chi connectivity index (χ1) is 16.4. The van der Waals surface area contributed by atoms with Gasteiger partial charge >= 0.3 is 5.97 Å². The van der Waals surface area contributed by atoms with Crippen LogP contribution in [0.4, 0.5) is 17.1 Å². The zero-order chi connectivity index (χ0) is 23.6. The topological polar surface area (TPSA) is 64.8 Å². The normalized spacial score (nSPS) is 14.6. The number of hydrogen-bond acceptors (Lipinski definition) is 5. The predicted octanol–water partition coefficient (Wildman–Crippen LogP) is 6.22. The molecule has 0 aromatic heterocycles. The maximum absolute atomic E-state index is 13.3. The van der Waals surface area contributed by atoms with E-state index in [9.17, 15) is 4.79 Å². The number of carbonyl (C=O) groups is 1. The van der Waals surface area contributed by atoms with E-state index in [-0.39, 0.29) is 0 Å². The van der Waals surface area contributed by atoms with E-state index in [1.807, 2.05) is 67.7 Å². The van der Waals surface area contributed by atoms with Gasteiger partial charge in [-0.25, -0.2) is 4.79 Å². The first kappa shape index (κ1) is 20.4. The molecule has 6 rings (SSSR count). The van der Waals surface area contributed by atoms with Crippen molar-refractivity contribution in [1.29, 1.82) is 0 Å². The van der Waals surface area contributed by atoms with Crippen molar-refractivity contribution in [1.82, 2.24) is 0 Å². The number of nitrogens with zero attached hydrogens (tertiary/aromatic N) is 1. The first-order valence-electron chi connectivity index (χ1n) is 11.3. The van der Waals surface area contributed by atoms with Gasteiger partial charge in [0.25, 0.3) is 0 Å². The molecule has 168 valence electrons. The van der Waals surface area contributed by atoms with Gasteiger partial charge in [-0.3, -0.25) is 0 Å². The standard InChI is InChI=1S/C29H24N2O3/c1-17-12-13-24(18(2)14-17)31(3)19-15-22-27(23(30)16-19)28(32)34-29(22)20-8-4-6-10-25(20)33-26-11-7-5-9-21(26)29/h4-16H,30H2,1-3H3. The molecule has 1 spiro atoms. The Hall–Kier alpha value is -4.25. The number of carbonyl (C=O) groups excluding carboxylic acids is 1. The number of benzene rings is 4. The summed E-state index contributed by atoms with van der Waals surface area (Å²) >= 11 is 0. The molecular weight excluding hydrogens is 424 g/mol. The van der Waals surface area contributed by atoms with Crippen molar-refractivity contribution >= 4 is 23.0 Å². The van der Waals surface area contributed by atoms with E-state index in [2.05, 4.69) is 36.9 Å². The van der Waals surface area contributed by atoms with Gasteiger partial charge in [-0.05, 0) is 49.7 Å². The van der Waals surface area contributed by atoms with Crippen LogP contribution in [0.25, 0.3) is 0 Å². The van der Waals surface area contributed by atoms with E-state index in [4.69, 9.17) is 15.2 Å².